The Hall–Kier alpha value is -2.88. The molecule has 7 nitrogen and oxygen atoms in total. The average Bonchev–Trinajstić information content (AvgIpc) is 2.61. The van der Waals surface area contributed by atoms with Gasteiger partial charge in [-0.2, -0.15) is 5.26 Å². The van der Waals surface area contributed by atoms with Crippen molar-refractivity contribution in [2.75, 3.05) is 19.0 Å². The number of nitriles is 1. The predicted molar refractivity (Wildman–Crippen MR) is 101 cm³/mol. The quantitative estimate of drug-likeness (QED) is 0.378. The Morgan fingerprint density at radius 1 is 1.38 bits per heavy atom. The van der Waals surface area contributed by atoms with Crippen LogP contribution in [0.25, 0.3) is 6.08 Å². The van der Waals surface area contributed by atoms with Crippen LogP contribution >= 0.6 is 0 Å². The van der Waals surface area contributed by atoms with E-state index in [9.17, 15) is 20.2 Å². The molecule has 26 heavy (non-hydrogen) atoms. The molecule has 0 aromatic heterocycles. The van der Waals surface area contributed by atoms with E-state index < -0.39 is 10.8 Å². The van der Waals surface area contributed by atoms with Crippen LogP contribution < -0.4 is 10.2 Å². The molecule has 7 heteroatoms. The van der Waals surface area contributed by atoms with Crippen molar-refractivity contribution < 1.29 is 9.72 Å². The molecule has 0 unspecified atom stereocenters. The lowest BCUT2D eigenvalue weighted by molar-refractivity contribution is -0.384. The van der Waals surface area contributed by atoms with Crippen LogP contribution in [-0.2, 0) is 4.79 Å². The van der Waals surface area contributed by atoms with E-state index in [4.69, 9.17) is 0 Å². The lowest BCUT2D eigenvalue weighted by atomic mass is 9.86. The Morgan fingerprint density at radius 3 is 2.65 bits per heavy atom. The van der Waals surface area contributed by atoms with Crippen LogP contribution in [0, 0.1) is 27.4 Å². The first-order chi connectivity index (χ1) is 12.3. The molecule has 2 atom stereocenters. The van der Waals surface area contributed by atoms with Crippen molar-refractivity contribution in [3.63, 3.8) is 0 Å². The van der Waals surface area contributed by atoms with Crippen molar-refractivity contribution in [1.82, 2.24) is 5.32 Å². The molecule has 1 N–H and O–H groups in total. The molecule has 1 aromatic carbocycles. The van der Waals surface area contributed by atoms with Crippen LogP contribution in [0.5, 0.6) is 0 Å². The van der Waals surface area contributed by atoms with Crippen LogP contribution in [-0.4, -0.2) is 31.0 Å². The van der Waals surface area contributed by atoms with Gasteiger partial charge >= 0.3 is 0 Å². The molecule has 1 fully saturated rings. The van der Waals surface area contributed by atoms with E-state index in [1.165, 1.54) is 12.1 Å². The summed E-state index contributed by atoms with van der Waals surface area (Å²) in [7, 11) is 3.44. The first-order valence-corrected chi connectivity index (χ1v) is 8.72. The average molecular weight is 356 g/mol. The third kappa shape index (κ3) is 4.60. The highest BCUT2D eigenvalue weighted by Gasteiger charge is 2.24. The van der Waals surface area contributed by atoms with Crippen LogP contribution in [0.2, 0.25) is 0 Å². The summed E-state index contributed by atoms with van der Waals surface area (Å²) in [4.78, 5) is 24.9. The summed E-state index contributed by atoms with van der Waals surface area (Å²) >= 11 is 0. The number of nitro benzene ring substituents is 1. The number of rotatable bonds is 5. The van der Waals surface area contributed by atoms with Gasteiger partial charge in [-0.05, 0) is 36.5 Å². The van der Waals surface area contributed by atoms with Crippen molar-refractivity contribution in [2.45, 2.75) is 38.6 Å². The molecule has 1 aliphatic carbocycles. The Bertz CT molecular complexity index is 765. The van der Waals surface area contributed by atoms with Gasteiger partial charge in [0.2, 0.25) is 0 Å². The highest BCUT2D eigenvalue weighted by Crippen LogP contribution is 2.29. The van der Waals surface area contributed by atoms with E-state index in [1.54, 1.807) is 31.1 Å². The monoisotopic (exact) mass is 356 g/mol. The molecule has 1 aromatic rings. The van der Waals surface area contributed by atoms with Gasteiger partial charge in [-0.25, -0.2) is 0 Å². The molecule has 0 radical (unpaired) electrons. The van der Waals surface area contributed by atoms with Crippen molar-refractivity contribution in [3.05, 3.63) is 39.4 Å². The van der Waals surface area contributed by atoms with Gasteiger partial charge in [-0.15, -0.1) is 0 Å². The Kier molecular flexibility index (Phi) is 6.34. The van der Waals surface area contributed by atoms with Crippen LogP contribution in [0.3, 0.4) is 0 Å². The van der Waals surface area contributed by atoms with Crippen molar-refractivity contribution in [3.8, 4) is 6.07 Å². The smallest absolute Gasteiger partial charge is 0.293 e. The minimum Gasteiger partial charge on any atom is -0.372 e. The number of nitrogens with zero attached hydrogens (tertiary/aromatic N) is 3. The molecular formula is C19H24N4O3. The second-order valence-corrected chi connectivity index (χ2v) is 6.91. The van der Waals surface area contributed by atoms with E-state index in [2.05, 4.69) is 12.2 Å². The Morgan fingerprint density at radius 2 is 2.08 bits per heavy atom. The minimum atomic E-state index is -0.470. The molecule has 0 heterocycles. The molecular weight excluding hydrogens is 332 g/mol. The van der Waals surface area contributed by atoms with Crippen LogP contribution in [0.4, 0.5) is 11.4 Å². The summed E-state index contributed by atoms with van der Waals surface area (Å²) < 4.78 is 0. The topological polar surface area (TPSA) is 99.3 Å². The summed E-state index contributed by atoms with van der Waals surface area (Å²) in [5.74, 6) is -0.0429. The number of benzene rings is 1. The first-order valence-electron chi connectivity index (χ1n) is 8.72. The summed E-state index contributed by atoms with van der Waals surface area (Å²) in [5.41, 5.74) is 0.800. The summed E-state index contributed by atoms with van der Waals surface area (Å²) in [6.07, 6.45) is 5.61. The van der Waals surface area contributed by atoms with Crippen molar-refractivity contribution in [1.29, 1.82) is 5.26 Å². The molecule has 1 amide bonds. The number of amides is 1. The SMILES string of the molecule is C[C@H]1CCCC[C@@H]1NC(=O)/C(C#N)=C/c1ccc(N(C)C)c([N+](=O)[O-])c1. The van der Waals surface area contributed by atoms with Crippen LogP contribution in [0.1, 0.15) is 38.2 Å². The second-order valence-electron chi connectivity index (χ2n) is 6.91. The molecule has 2 rings (SSSR count). The number of hydrogen-bond acceptors (Lipinski definition) is 5. The standard InChI is InChI=1S/C19H24N4O3/c1-13-6-4-5-7-16(13)21-19(24)15(12-20)10-14-8-9-17(22(2)3)18(11-14)23(25)26/h8-11,13,16H,4-7H2,1-3H3,(H,21,24)/b15-10+/t13-,16-/m0/s1. The van der Waals surface area contributed by atoms with E-state index in [0.29, 0.717) is 17.2 Å². The van der Waals surface area contributed by atoms with E-state index in [-0.39, 0.29) is 17.3 Å². The molecule has 1 saturated carbocycles. The molecule has 0 spiro atoms. The van der Waals surface area contributed by atoms with Gasteiger partial charge in [-0.1, -0.05) is 25.8 Å². The molecule has 1 aliphatic rings. The second kappa shape index (κ2) is 8.48. The lowest BCUT2D eigenvalue weighted by Crippen LogP contribution is -2.41. The number of nitrogens with one attached hydrogen (secondary N) is 1. The molecule has 0 bridgehead atoms. The predicted octanol–water partition coefficient (Wildman–Crippen LogP) is 3.26. The fourth-order valence-corrected chi connectivity index (χ4v) is 3.25. The highest BCUT2D eigenvalue weighted by molar-refractivity contribution is 6.02. The van der Waals surface area contributed by atoms with E-state index >= 15 is 0 Å². The maximum atomic E-state index is 12.4. The van der Waals surface area contributed by atoms with Gasteiger partial charge in [-0.3, -0.25) is 14.9 Å². The molecule has 138 valence electrons. The van der Waals surface area contributed by atoms with Gasteiger partial charge < -0.3 is 10.2 Å². The van der Waals surface area contributed by atoms with Gasteiger partial charge in [0, 0.05) is 26.2 Å². The third-order valence-corrected chi connectivity index (χ3v) is 4.78. The first kappa shape index (κ1) is 19.4. The third-order valence-electron chi connectivity index (χ3n) is 4.78. The number of hydrogen-bond donors (Lipinski definition) is 1. The minimum absolute atomic E-state index is 0.0466. The maximum absolute atomic E-state index is 12.4. The number of carbonyl (C=O) groups is 1. The fraction of sp³-hybridized carbons (Fsp3) is 0.474. The van der Waals surface area contributed by atoms with Gasteiger partial charge in [0.1, 0.15) is 17.3 Å². The van der Waals surface area contributed by atoms with Crippen molar-refractivity contribution >= 4 is 23.4 Å². The molecule has 0 aliphatic heterocycles. The zero-order valence-corrected chi connectivity index (χ0v) is 15.4. The number of carbonyl (C=O) groups excluding carboxylic acids is 1. The number of anilines is 1. The Balaban J connectivity index is 2.25. The lowest BCUT2D eigenvalue weighted by Gasteiger charge is -2.29. The summed E-state index contributed by atoms with van der Waals surface area (Å²) in [6, 6.07) is 6.63. The van der Waals surface area contributed by atoms with Gasteiger partial charge in [0.25, 0.3) is 11.6 Å². The maximum Gasteiger partial charge on any atom is 0.293 e. The van der Waals surface area contributed by atoms with Crippen LogP contribution in [0.15, 0.2) is 23.8 Å². The van der Waals surface area contributed by atoms with E-state index in [1.807, 2.05) is 6.07 Å². The zero-order chi connectivity index (χ0) is 19.3. The van der Waals surface area contributed by atoms with Gasteiger partial charge in [0.05, 0.1) is 4.92 Å². The normalized spacial score (nSPS) is 20.2. The van der Waals surface area contributed by atoms with Gasteiger partial charge in [0.15, 0.2) is 0 Å². The van der Waals surface area contributed by atoms with Crippen molar-refractivity contribution in [2.24, 2.45) is 5.92 Å². The largest absolute Gasteiger partial charge is 0.372 e. The molecule has 0 saturated heterocycles. The Labute approximate surface area is 153 Å². The highest BCUT2D eigenvalue weighted by atomic mass is 16.6. The zero-order valence-electron chi connectivity index (χ0n) is 15.4. The fourth-order valence-electron chi connectivity index (χ4n) is 3.25. The summed E-state index contributed by atoms with van der Waals surface area (Å²) in [5, 5.41) is 23.6. The summed E-state index contributed by atoms with van der Waals surface area (Å²) in [6.45, 7) is 2.10. The van der Waals surface area contributed by atoms with E-state index in [0.717, 1.165) is 25.7 Å². The number of nitro groups is 1.